The number of phenols is 1. The van der Waals surface area contributed by atoms with Gasteiger partial charge in [-0.15, -0.1) is 0 Å². The maximum atomic E-state index is 9.97. The Balaban J connectivity index is 2.77. The summed E-state index contributed by atoms with van der Waals surface area (Å²) in [6.07, 6.45) is 0.774. The van der Waals surface area contributed by atoms with Gasteiger partial charge in [-0.05, 0) is 53.5 Å². The number of benzene rings is 1. The minimum Gasteiger partial charge on any atom is -0.506 e. The Kier molecular flexibility index (Phi) is 2.71. The summed E-state index contributed by atoms with van der Waals surface area (Å²) in [5.41, 5.74) is 8.69. The zero-order chi connectivity index (χ0) is 11.0. The van der Waals surface area contributed by atoms with Gasteiger partial charge in [0, 0.05) is 16.6 Å². The van der Waals surface area contributed by atoms with E-state index in [2.05, 4.69) is 20.9 Å². The molecule has 0 aliphatic carbocycles. The number of aromatic hydroxyl groups is 1. The molecule has 3 nitrogen and oxygen atoms in total. The second-order valence-corrected chi connectivity index (χ2v) is 4.44. The summed E-state index contributed by atoms with van der Waals surface area (Å²) in [6, 6.07) is 3.78. The molecule has 1 heterocycles. The molecule has 4 N–H and O–H groups in total. The highest BCUT2D eigenvalue weighted by atomic mass is 79.9. The van der Waals surface area contributed by atoms with Crippen LogP contribution in [0, 0.1) is 6.92 Å². The Hall–Kier alpha value is -1.00. The number of rotatable bonds is 2. The fraction of sp³-hybridized carbons (Fsp3) is 0.273. The summed E-state index contributed by atoms with van der Waals surface area (Å²) >= 11 is 3.32. The van der Waals surface area contributed by atoms with Crippen molar-refractivity contribution in [3.8, 4) is 5.75 Å². The first-order valence-electron chi connectivity index (χ1n) is 4.84. The van der Waals surface area contributed by atoms with Crippen LogP contribution in [0.1, 0.15) is 11.3 Å². The van der Waals surface area contributed by atoms with Crippen LogP contribution in [0.3, 0.4) is 0 Å². The first kappa shape index (κ1) is 10.5. The molecule has 0 saturated carbocycles. The third-order valence-corrected chi connectivity index (χ3v) is 3.24. The number of phenolic OH excluding ortho intramolecular Hbond substituents is 1. The number of halogens is 1. The zero-order valence-electron chi connectivity index (χ0n) is 8.47. The van der Waals surface area contributed by atoms with Crippen molar-refractivity contribution in [2.75, 3.05) is 6.54 Å². The predicted octanol–water partition coefficient (Wildman–Crippen LogP) is 2.45. The molecule has 0 aliphatic rings. The molecule has 15 heavy (non-hydrogen) atoms. The van der Waals surface area contributed by atoms with E-state index >= 15 is 0 Å². The van der Waals surface area contributed by atoms with Crippen LogP contribution < -0.4 is 5.73 Å². The van der Waals surface area contributed by atoms with Gasteiger partial charge in [0.1, 0.15) is 5.75 Å². The van der Waals surface area contributed by atoms with Crippen LogP contribution in [-0.2, 0) is 6.42 Å². The van der Waals surface area contributed by atoms with E-state index in [-0.39, 0.29) is 0 Å². The summed E-state index contributed by atoms with van der Waals surface area (Å²) in [6.45, 7) is 2.58. The molecule has 0 bridgehead atoms. The number of hydrogen-bond acceptors (Lipinski definition) is 2. The Morgan fingerprint density at radius 1 is 1.47 bits per heavy atom. The third kappa shape index (κ3) is 1.64. The molecule has 0 amide bonds. The standard InChI is InChI=1S/C11H13BrN2O/c1-6-7(4-5-13)10-9(14-6)3-2-8(12)11(10)15/h2-3,14-15H,4-5,13H2,1H3. The van der Waals surface area contributed by atoms with E-state index in [0.29, 0.717) is 16.8 Å². The van der Waals surface area contributed by atoms with Gasteiger partial charge >= 0.3 is 0 Å². The van der Waals surface area contributed by atoms with Crippen molar-refractivity contribution in [2.24, 2.45) is 5.73 Å². The first-order chi connectivity index (χ1) is 7.15. The second kappa shape index (κ2) is 3.87. The molecule has 0 spiro atoms. The number of aromatic amines is 1. The van der Waals surface area contributed by atoms with Gasteiger partial charge in [-0.3, -0.25) is 0 Å². The molecular weight excluding hydrogens is 256 g/mol. The molecule has 2 aromatic rings. The normalized spacial score (nSPS) is 11.1. The topological polar surface area (TPSA) is 62.0 Å². The largest absolute Gasteiger partial charge is 0.506 e. The molecule has 0 radical (unpaired) electrons. The van der Waals surface area contributed by atoms with Crippen LogP contribution in [0.4, 0.5) is 0 Å². The van der Waals surface area contributed by atoms with Gasteiger partial charge in [0.05, 0.1) is 4.47 Å². The van der Waals surface area contributed by atoms with Crippen molar-refractivity contribution in [3.05, 3.63) is 27.9 Å². The lowest BCUT2D eigenvalue weighted by molar-refractivity contribution is 0.478. The van der Waals surface area contributed by atoms with Gasteiger partial charge < -0.3 is 15.8 Å². The first-order valence-corrected chi connectivity index (χ1v) is 5.63. The van der Waals surface area contributed by atoms with E-state index in [4.69, 9.17) is 5.73 Å². The minimum atomic E-state index is 0.292. The summed E-state index contributed by atoms with van der Waals surface area (Å²) in [5, 5.41) is 10.9. The van der Waals surface area contributed by atoms with Gasteiger partial charge in [-0.1, -0.05) is 0 Å². The molecular formula is C11H13BrN2O. The highest BCUT2D eigenvalue weighted by Gasteiger charge is 2.13. The number of nitrogens with one attached hydrogen (secondary N) is 1. The van der Waals surface area contributed by atoms with E-state index in [1.54, 1.807) is 0 Å². The maximum Gasteiger partial charge on any atom is 0.139 e. The summed E-state index contributed by atoms with van der Waals surface area (Å²) in [4.78, 5) is 3.24. The Labute approximate surface area is 96.4 Å². The van der Waals surface area contributed by atoms with Gasteiger partial charge in [-0.25, -0.2) is 0 Å². The van der Waals surface area contributed by atoms with Crippen molar-refractivity contribution in [1.82, 2.24) is 4.98 Å². The summed E-state index contributed by atoms with van der Waals surface area (Å²) in [7, 11) is 0. The molecule has 0 fully saturated rings. The minimum absolute atomic E-state index is 0.292. The Morgan fingerprint density at radius 3 is 2.87 bits per heavy atom. The molecule has 0 atom stereocenters. The second-order valence-electron chi connectivity index (χ2n) is 3.59. The predicted molar refractivity (Wildman–Crippen MR) is 65.2 cm³/mol. The van der Waals surface area contributed by atoms with E-state index in [9.17, 15) is 5.11 Å². The van der Waals surface area contributed by atoms with E-state index in [1.807, 2.05) is 19.1 Å². The maximum absolute atomic E-state index is 9.97. The number of hydrogen-bond donors (Lipinski definition) is 3. The number of nitrogens with two attached hydrogens (primary N) is 1. The summed E-state index contributed by atoms with van der Waals surface area (Å²) in [5.74, 6) is 0.292. The van der Waals surface area contributed by atoms with Gasteiger partial charge in [0.25, 0.3) is 0 Å². The number of aromatic nitrogens is 1. The molecule has 0 unspecified atom stereocenters. The molecule has 2 rings (SSSR count). The molecule has 80 valence electrons. The third-order valence-electron chi connectivity index (χ3n) is 2.60. The van der Waals surface area contributed by atoms with Crippen molar-refractivity contribution in [3.63, 3.8) is 0 Å². The van der Waals surface area contributed by atoms with Crippen LogP contribution in [0.5, 0.6) is 5.75 Å². The lowest BCUT2D eigenvalue weighted by Crippen LogP contribution is -2.03. The average molecular weight is 269 g/mol. The Bertz CT molecular complexity index is 505. The van der Waals surface area contributed by atoms with Crippen molar-refractivity contribution < 1.29 is 5.11 Å². The average Bonchev–Trinajstić information content (AvgIpc) is 2.51. The van der Waals surface area contributed by atoms with Crippen molar-refractivity contribution in [2.45, 2.75) is 13.3 Å². The van der Waals surface area contributed by atoms with Crippen molar-refractivity contribution >= 4 is 26.8 Å². The SMILES string of the molecule is Cc1[nH]c2ccc(Br)c(O)c2c1CCN. The lowest BCUT2D eigenvalue weighted by atomic mass is 10.1. The molecule has 1 aromatic carbocycles. The number of H-pyrrole nitrogens is 1. The smallest absolute Gasteiger partial charge is 0.139 e. The monoisotopic (exact) mass is 268 g/mol. The van der Waals surface area contributed by atoms with Crippen LogP contribution in [0.2, 0.25) is 0 Å². The number of aryl methyl sites for hydroxylation is 1. The van der Waals surface area contributed by atoms with Gasteiger partial charge in [-0.2, -0.15) is 0 Å². The molecule has 0 saturated heterocycles. The Morgan fingerprint density at radius 2 is 2.20 bits per heavy atom. The van der Waals surface area contributed by atoms with Crippen LogP contribution >= 0.6 is 15.9 Å². The fourth-order valence-electron chi connectivity index (χ4n) is 1.90. The quantitative estimate of drug-likeness (QED) is 0.784. The molecule has 4 heteroatoms. The zero-order valence-corrected chi connectivity index (χ0v) is 10.1. The van der Waals surface area contributed by atoms with Crippen LogP contribution in [0.25, 0.3) is 10.9 Å². The highest BCUT2D eigenvalue weighted by molar-refractivity contribution is 9.10. The van der Waals surface area contributed by atoms with E-state index in [1.165, 1.54) is 0 Å². The van der Waals surface area contributed by atoms with Gasteiger partial charge in [0.15, 0.2) is 0 Å². The van der Waals surface area contributed by atoms with Crippen LogP contribution in [0.15, 0.2) is 16.6 Å². The van der Waals surface area contributed by atoms with Gasteiger partial charge in [0.2, 0.25) is 0 Å². The number of fused-ring (bicyclic) bond motifs is 1. The fourth-order valence-corrected chi connectivity index (χ4v) is 2.23. The molecule has 1 aromatic heterocycles. The van der Waals surface area contributed by atoms with E-state index < -0.39 is 0 Å². The summed E-state index contributed by atoms with van der Waals surface area (Å²) < 4.78 is 0.715. The highest BCUT2D eigenvalue weighted by Crippen LogP contribution is 2.36. The van der Waals surface area contributed by atoms with E-state index in [0.717, 1.165) is 28.6 Å². The van der Waals surface area contributed by atoms with Crippen molar-refractivity contribution in [1.29, 1.82) is 0 Å². The lowest BCUT2D eigenvalue weighted by Gasteiger charge is -2.02. The van der Waals surface area contributed by atoms with Crippen LogP contribution in [-0.4, -0.2) is 16.6 Å². The molecule has 0 aliphatic heterocycles.